The van der Waals surface area contributed by atoms with Gasteiger partial charge in [0.1, 0.15) is 5.69 Å². The molecule has 0 aliphatic carbocycles. The van der Waals surface area contributed by atoms with Gasteiger partial charge in [0.05, 0.1) is 21.8 Å². The number of nitrogens with one attached hydrogen (secondary N) is 3. The third kappa shape index (κ3) is 4.86. The molecule has 0 spiro atoms. The van der Waals surface area contributed by atoms with Gasteiger partial charge in [0.15, 0.2) is 5.58 Å². The van der Waals surface area contributed by atoms with Crippen molar-refractivity contribution in [3.63, 3.8) is 0 Å². The number of oxazole rings is 1. The second-order valence-electron chi connectivity index (χ2n) is 6.56. The molecule has 0 saturated heterocycles. The third-order valence-electron chi connectivity index (χ3n) is 4.18. The third-order valence-corrected chi connectivity index (χ3v) is 4.96. The molecule has 0 unspecified atom stereocenters. The number of nitrogens with zero attached hydrogens (tertiary/aromatic N) is 2. The first-order valence-electron chi connectivity index (χ1n) is 9.07. The summed E-state index contributed by atoms with van der Waals surface area (Å²) in [4.78, 5) is 34.8. The summed E-state index contributed by atoms with van der Waals surface area (Å²) in [6.07, 6.45) is -4.53. The Labute approximate surface area is 181 Å². The van der Waals surface area contributed by atoms with Crippen LogP contribution >= 0.6 is 11.3 Å². The summed E-state index contributed by atoms with van der Waals surface area (Å²) in [5, 5.41) is 7.43. The van der Waals surface area contributed by atoms with Crippen LogP contribution in [0.15, 0.2) is 62.0 Å². The number of carbonyl (C=O) groups excluding carboxylic acids is 1. The van der Waals surface area contributed by atoms with Crippen molar-refractivity contribution in [2.24, 2.45) is 4.99 Å². The Balaban J connectivity index is 1.69. The Morgan fingerprint density at radius 1 is 1.22 bits per heavy atom. The van der Waals surface area contributed by atoms with Crippen molar-refractivity contribution in [1.29, 1.82) is 0 Å². The van der Waals surface area contributed by atoms with Gasteiger partial charge < -0.3 is 9.73 Å². The number of guanidine groups is 1. The van der Waals surface area contributed by atoms with Gasteiger partial charge in [-0.3, -0.25) is 15.1 Å². The van der Waals surface area contributed by atoms with Crippen LogP contribution in [0, 0.1) is 6.92 Å². The summed E-state index contributed by atoms with van der Waals surface area (Å²) in [7, 11) is 0. The van der Waals surface area contributed by atoms with Crippen LogP contribution in [0.5, 0.6) is 0 Å². The molecule has 0 fully saturated rings. The lowest BCUT2D eigenvalue weighted by molar-refractivity contribution is -0.137. The minimum atomic E-state index is -4.53. The predicted octanol–water partition coefficient (Wildman–Crippen LogP) is 4.43. The van der Waals surface area contributed by atoms with Crippen molar-refractivity contribution in [3.8, 4) is 0 Å². The van der Waals surface area contributed by atoms with E-state index in [0.717, 1.165) is 12.1 Å². The van der Waals surface area contributed by atoms with E-state index in [0.29, 0.717) is 10.5 Å². The van der Waals surface area contributed by atoms with Crippen LogP contribution in [-0.2, 0) is 6.18 Å². The number of amides is 1. The number of aliphatic imine (C=N–C) groups is 1. The first-order chi connectivity index (χ1) is 15.2. The largest absolute Gasteiger partial charge is 0.417 e. The molecular weight excluding hydrogens is 447 g/mol. The second-order valence-corrected chi connectivity index (χ2v) is 7.63. The van der Waals surface area contributed by atoms with E-state index < -0.39 is 23.4 Å². The van der Waals surface area contributed by atoms with Gasteiger partial charge in [-0.05, 0) is 37.3 Å². The van der Waals surface area contributed by atoms with E-state index in [1.54, 1.807) is 24.4 Å². The number of aromatic amines is 1. The van der Waals surface area contributed by atoms with Gasteiger partial charge in [-0.2, -0.15) is 13.2 Å². The maximum atomic E-state index is 13.1. The van der Waals surface area contributed by atoms with Gasteiger partial charge in [-0.1, -0.05) is 6.07 Å². The van der Waals surface area contributed by atoms with Crippen molar-refractivity contribution in [1.82, 2.24) is 15.3 Å². The van der Waals surface area contributed by atoms with Crippen molar-refractivity contribution in [3.05, 3.63) is 74.7 Å². The molecule has 0 aliphatic heterocycles. The fourth-order valence-corrected chi connectivity index (χ4v) is 3.36. The lowest BCUT2D eigenvalue weighted by Crippen LogP contribution is -2.36. The van der Waals surface area contributed by atoms with Crippen LogP contribution in [0.1, 0.15) is 21.1 Å². The van der Waals surface area contributed by atoms with Crippen molar-refractivity contribution < 1.29 is 22.4 Å². The highest BCUT2D eigenvalue weighted by Crippen LogP contribution is 2.30. The summed E-state index contributed by atoms with van der Waals surface area (Å²) in [5.74, 6) is -1.38. The fourth-order valence-electron chi connectivity index (χ4n) is 2.77. The molecule has 2 heterocycles. The number of rotatable bonds is 3. The molecule has 0 atom stereocenters. The standard InChI is InChI=1S/C20H14F3N5O3S/c1-10-24-15(9-32-10)17(29)28-18(25-12-4-2-3-11(7-12)20(21,22)23)26-13-5-6-14-16(8-13)31-19(30)27-14/h2-9H,1H3,(H,27,30)(H2,25,26,28,29). The first-order valence-corrected chi connectivity index (χ1v) is 9.95. The zero-order valence-corrected chi connectivity index (χ0v) is 17.1. The highest BCUT2D eigenvalue weighted by atomic mass is 32.1. The highest BCUT2D eigenvalue weighted by molar-refractivity contribution is 7.09. The molecule has 32 heavy (non-hydrogen) atoms. The number of hydrogen-bond donors (Lipinski definition) is 3. The number of aromatic nitrogens is 2. The second kappa shape index (κ2) is 8.30. The zero-order valence-electron chi connectivity index (χ0n) is 16.3. The fraction of sp³-hybridized carbons (Fsp3) is 0.100. The topological polar surface area (TPSA) is 112 Å². The first kappa shape index (κ1) is 21.3. The molecule has 12 heteroatoms. The average molecular weight is 461 g/mol. The van der Waals surface area contributed by atoms with E-state index >= 15 is 0 Å². The SMILES string of the molecule is Cc1nc(C(=O)NC(=Nc2ccc3[nH]c(=O)oc3c2)Nc2cccc(C(F)(F)F)c2)cs1. The maximum Gasteiger partial charge on any atom is 0.417 e. The molecule has 0 radical (unpaired) electrons. The molecule has 4 aromatic rings. The number of halogens is 3. The Hall–Kier alpha value is -3.93. The number of anilines is 1. The van der Waals surface area contributed by atoms with Crippen LogP contribution in [0.3, 0.4) is 0 Å². The van der Waals surface area contributed by atoms with Crippen molar-refractivity contribution >= 4 is 45.7 Å². The van der Waals surface area contributed by atoms with Gasteiger partial charge >= 0.3 is 11.9 Å². The van der Waals surface area contributed by atoms with Crippen LogP contribution in [0.25, 0.3) is 11.1 Å². The Morgan fingerprint density at radius 3 is 2.75 bits per heavy atom. The van der Waals surface area contributed by atoms with Crippen LogP contribution in [0.4, 0.5) is 24.5 Å². The average Bonchev–Trinajstić information content (AvgIpc) is 3.31. The van der Waals surface area contributed by atoms with Crippen LogP contribution < -0.4 is 16.4 Å². The summed E-state index contributed by atoms with van der Waals surface area (Å²) >= 11 is 1.27. The number of fused-ring (bicyclic) bond motifs is 1. The molecular formula is C20H14F3N5O3S. The number of H-pyrrole nitrogens is 1. The number of aryl methyl sites for hydroxylation is 1. The van der Waals surface area contributed by atoms with Gasteiger partial charge in [-0.25, -0.2) is 14.8 Å². The smallest absolute Gasteiger partial charge is 0.408 e. The number of carbonyl (C=O) groups is 1. The Morgan fingerprint density at radius 2 is 2.03 bits per heavy atom. The van der Waals surface area contributed by atoms with Gasteiger partial charge in [0.2, 0.25) is 5.96 Å². The Kier molecular flexibility index (Phi) is 5.53. The van der Waals surface area contributed by atoms with E-state index in [-0.39, 0.29) is 28.6 Å². The number of alkyl halides is 3. The molecule has 0 aliphatic rings. The molecule has 0 saturated carbocycles. The summed E-state index contributed by atoms with van der Waals surface area (Å²) in [6.45, 7) is 1.73. The molecule has 2 aromatic heterocycles. The number of hydrogen-bond acceptors (Lipinski definition) is 6. The molecule has 164 valence electrons. The van der Waals surface area contributed by atoms with E-state index in [4.69, 9.17) is 4.42 Å². The summed E-state index contributed by atoms with van der Waals surface area (Å²) in [6, 6.07) is 8.99. The molecule has 0 bridgehead atoms. The summed E-state index contributed by atoms with van der Waals surface area (Å²) in [5.41, 5.74) is 0.295. The molecule has 8 nitrogen and oxygen atoms in total. The molecule has 2 aromatic carbocycles. The van der Waals surface area contributed by atoms with Crippen LogP contribution in [0.2, 0.25) is 0 Å². The number of benzene rings is 2. The minimum absolute atomic E-state index is 0.0580. The van der Waals surface area contributed by atoms with E-state index in [1.165, 1.54) is 29.5 Å². The van der Waals surface area contributed by atoms with E-state index in [2.05, 4.69) is 25.6 Å². The molecule has 4 rings (SSSR count). The minimum Gasteiger partial charge on any atom is -0.408 e. The quantitative estimate of drug-likeness (QED) is 0.309. The summed E-state index contributed by atoms with van der Waals surface area (Å²) < 4.78 is 44.2. The Bertz CT molecular complexity index is 1390. The lowest BCUT2D eigenvalue weighted by Gasteiger charge is -2.13. The van der Waals surface area contributed by atoms with Gasteiger partial charge in [-0.15, -0.1) is 11.3 Å². The van der Waals surface area contributed by atoms with E-state index in [1.807, 2.05) is 0 Å². The van der Waals surface area contributed by atoms with Crippen molar-refractivity contribution in [2.45, 2.75) is 13.1 Å². The van der Waals surface area contributed by atoms with E-state index in [9.17, 15) is 22.8 Å². The lowest BCUT2D eigenvalue weighted by atomic mass is 10.2. The molecule has 1 amide bonds. The zero-order chi connectivity index (χ0) is 22.9. The highest BCUT2D eigenvalue weighted by Gasteiger charge is 2.30. The maximum absolute atomic E-state index is 13.1. The predicted molar refractivity (Wildman–Crippen MR) is 113 cm³/mol. The number of thiazole rings is 1. The van der Waals surface area contributed by atoms with Crippen molar-refractivity contribution in [2.75, 3.05) is 5.32 Å². The van der Waals surface area contributed by atoms with Gasteiger partial charge in [0.25, 0.3) is 5.91 Å². The normalized spacial score (nSPS) is 12.2. The molecule has 3 N–H and O–H groups in total. The monoisotopic (exact) mass is 461 g/mol. The van der Waals surface area contributed by atoms with Gasteiger partial charge in [0, 0.05) is 17.1 Å². The van der Waals surface area contributed by atoms with Crippen LogP contribution in [-0.4, -0.2) is 21.8 Å².